The van der Waals surface area contributed by atoms with Gasteiger partial charge in [-0.25, -0.2) is 9.78 Å². The van der Waals surface area contributed by atoms with Crippen LogP contribution in [0.5, 0.6) is 0 Å². The fourth-order valence-corrected chi connectivity index (χ4v) is 1.84. The van der Waals surface area contributed by atoms with Gasteiger partial charge in [-0.3, -0.25) is 4.79 Å². The van der Waals surface area contributed by atoms with Crippen LogP contribution < -0.4 is 0 Å². The summed E-state index contributed by atoms with van der Waals surface area (Å²) in [5.74, 6) is -1.27. The molecule has 6 nitrogen and oxygen atoms in total. The highest BCUT2D eigenvalue weighted by molar-refractivity contribution is 5.94. The van der Waals surface area contributed by atoms with Gasteiger partial charge in [0.25, 0.3) is 5.91 Å². The number of pyridine rings is 1. The minimum absolute atomic E-state index is 0.0129. The monoisotopic (exact) mass is 280 g/mol. The van der Waals surface area contributed by atoms with Crippen molar-refractivity contribution in [2.75, 3.05) is 20.3 Å². The quantitative estimate of drug-likeness (QED) is 0.856. The van der Waals surface area contributed by atoms with E-state index in [1.54, 1.807) is 18.9 Å². The van der Waals surface area contributed by atoms with Crippen LogP contribution in [0.15, 0.2) is 12.1 Å². The first-order chi connectivity index (χ1) is 9.38. The van der Waals surface area contributed by atoms with Crippen molar-refractivity contribution in [3.63, 3.8) is 0 Å². The van der Waals surface area contributed by atoms with Crippen LogP contribution in [-0.4, -0.2) is 53.2 Å². The van der Waals surface area contributed by atoms with E-state index in [9.17, 15) is 9.59 Å². The minimum atomic E-state index is -1.05. The van der Waals surface area contributed by atoms with Crippen molar-refractivity contribution in [3.05, 3.63) is 29.1 Å². The van der Waals surface area contributed by atoms with E-state index in [1.807, 2.05) is 13.8 Å². The van der Waals surface area contributed by atoms with Gasteiger partial charge < -0.3 is 14.7 Å². The maximum atomic E-state index is 12.4. The van der Waals surface area contributed by atoms with Crippen LogP contribution in [0.2, 0.25) is 0 Å². The second kappa shape index (κ2) is 7.00. The molecule has 0 unspecified atom stereocenters. The van der Waals surface area contributed by atoms with Gasteiger partial charge in [-0.05, 0) is 32.9 Å². The first-order valence-electron chi connectivity index (χ1n) is 6.39. The smallest absolute Gasteiger partial charge is 0.337 e. The number of aromatic carboxylic acids is 1. The van der Waals surface area contributed by atoms with Gasteiger partial charge in [-0.1, -0.05) is 0 Å². The zero-order valence-electron chi connectivity index (χ0n) is 12.2. The van der Waals surface area contributed by atoms with Crippen molar-refractivity contribution < 1.29 is 19.4 Å². The van der Waals surface area contributed by atoms with Crippen molar-refractivity contribution in [2.24, 2.45) is 0 Å². The Morgan fingerprint density at radius 2 is 2.05 bits per heavy atom. The van der Waals surface area contributed by atoms with E-state index in [-0.39, 0.29) is 23.2 Å². The first kappa shape index (κ1) is 16.1. The number of hydrogen-bond donors (Lipinski definition) is 1. The lowest BCUT2D eigenvalue weighted by Crippen LogP contribution is -2.39. The van der Waals surface area contributed by atoms with Crippen molar-refractivity contribution in [1.29, 1.82) is 0 Å². The second-order valence-electron chi connectivity index (χ2n) is 4.72. The molecule has 0 aromatic carbocycles. The molecule has 110 valence electrons. The molecule has 1 heterocycles. The lowest BCUT2D eigenvalue weighted by molar-refractivity contribution is 0.0625. The van der Waals surface area contributed by atoms with Gasteiger partial charge in [0.2, 0.25) is 0 Å². The standard InChI is InChI=1S/C14H20N2O4/c1-9(2)16(7-8-20-4)13(17)12-6-5-11(14(18)19)10(3)15-12/h5-6,9H,7-8H2,1-4H3,(H,18,19). The molecule has 1 aromatic rings. The number of amides is 1. The number of aryl methyl sites for hydroxylation is 1. The van der Waals surface area contributed by atoms with Crippen LogP contribution in [0.1, 0.15) is 40.4 Å². The highest BCUT2D eigenvalue weighted by atomic mass is 16.5. The molecule has 0 radical (unpaired) electrons. The zero-order valence-corrected chi connectivity index (χ0v) is 12.2. The number of rotatable bonds is 6. The maximum absolute atomic E-state index is 12.4. The third-order valence-electron chi connectivity index (χ3n) is 2.96. The number of hydrogen-bond acceptors (Lipinski definition) is 4. The number of nitrogens with zero attached hydrogens (tertiary/aromatic N) is 2. The van der Waals surface area contributed by atoms with E-state index in [2.05, 4.69) is 4.98 Å². The summed E-state index contributed by atoms with van der Waals surface area (Å²) in [6.07, 6.45) is 0. The highest BCUT2D eigenvalue weighted by Crippen LogP contribution is 2.11. The summed E-state index contributed by atoms with van der Waals surface area (Å²) in [7, 11) is 1.58. The van der Waals surface area contributed by atoms with Crippen LogP contribution in [0, 0.1) is 6.92 Å². The third kappa shape index (κ3) is 3.77. The number of ether oxygens (including phenoxy) is 1. The Kier molecular flexibility index (Phi) is 5.64. The van der Waals surface area contributed by atoms with E-state index in [1.165, 1.54) is 12.1 Å². The van der Waals surface area contributed by atoms with Gasteiger partial charge in [0.15, 0.2) is 0 Å². The molecule has 0 bridgehead atoms. The Morgan fingerprint density at radius 1 is 1.40 bits per heavy atom. The Hall–Kier alpha value is -1.95. The fourth-order valence-electron chi connectivity index (χ4n) is 1.84. The predicted molar refractivity (Wildman–Crippen MR) is 74.0 cm³/mol. The van der Waals surface area contributed by atoms with Crippen molar-refractivity contribution in [3.8, 4) is 0 Å². The van der Waals surface area contributed by atoms with Crippen LogP contribution in [0.4, 0.5) is 0 Å². The number of carbonyl (C=O) groups is 2. The SMILES string of the molecule is COCCN(C(=O)c1ccc(C(=O)O)c(C)n1)C(C)C. The average molecular weight is 280 g/mol. The molecule has 0 saturated carbocycles. The second-order valence-corrected chi connectivity index (χ2v) is 4.72. The van der Waals surface area contributed by atoms with E-state index in [0.717, 1.165) is 0 Å². The summed E-state index contributed by atoms with van der Waals surface area (Å²) in [6, 6.07) is 2.87. The summed E-state index contributed by atoms with van der Waals surface area (Å²) < 4.78 is 4.99. The van der Waals surface area contributed by atoms with E-state index >= 15 is 0 Å². The Morgan fingerprint density at radius 3 is 2.50 bits per heavy atom. The van der Waals surface area contributed by atoms with Gasteiger partial charge in [0.1, 0.15) is 5.69 Å². The normalized spacial score (nSPS) is 10.7. The largest absolute Gasteiger partial charge is 0.478 e. The molecule has 6 heteroatoms. The van der Waals surface area contributed by atoms with Crippen molar-refractivity contribution in [1.82, 2.24) is 9.88 Å². The average Bonchev–Trinajstić information content (AvgIpc) is 2.37. The number of carboxylic acids is 1. The zero-order chi connectivity index (χ0) is 15.3. The molecule has 0 aliphatic carbocycles. The minimum Gasteiger partial charge on any atom is -0.478 e. The molecule has 0 saturated heterocycles. The molecule has 0 aliphatic rings. The van der Waals surface area contributed by atoms with Gasteiger partial charge in [0, 0.05) is 19.7 Å². The molecule has 1 aromatic heterocycles. The van der Waals surface area contributed by atoms with Crippen LogP contribution in [0.25, 0.3) is 0 Å². The van der Waals surface area contributed by atoms with E-state index in [4.69, 9.17) is 9.84 Å². The number of carboxylic acid groups (broad SMARTS) is 1. The molecule has 0 aliphatic heterocycles. The van der Waals surface area contributed by atoms with E-state index in [0.29, 0.717) is 18.8 Å². The topological polar surface area (TPSA) is 79.7 Å². The Bertz CT molecular complexity index is 500. The van der Waals surface area contributed by atoms with Crippen LogP contribution >= 0.6 is 0 Å². The number of methoxy groups -OCH3 is 1. The van der Waals surface area contributed by atoms with Gasteiger partial charge in [0.05, 0.1) is 17.9 Å². The molecule has 1 N–H and O–H groups in total. The lowest BCUT2D eigenvalue weighted by Gasteiger charge is -2.26. The maximum Gasteiger partial charge on any atom is 0.337 e. The van der Waals surface area contributed by atoms with Crippen LogP contribution in [0.3, 0.4) is 0 Å². The van der Waals surface area contributed by atoms with E-state index < -0.39 is 5.97 Å². The summed E-state index contributed by atoms with van der Waals surface area (Å²) in [5.41, 5.74) is 0.686. The Labute approximate surface area is 118 Å². The molecular weight excluding hydrogens is 260 g/mol. The molecular formula is C14H20N2O4. The lowest BCUT2D eigenvalue weighted by atomic mass is 10.1. The molecule has 1 amide bonds. The van der Waals surface area contributed by atoms with Crippen LogP contribution in [-0.2, 0) is 4.74 Å². The molecule has 20 heavy (non-hydrogen) atoms. The Balaban J connectivity index is 3.00. The first-order valence-corrected chi connectivity index (χ1v) is 6.39. The molecule has 0 atom stereocenters. The number of carbonyl (C=O) groups excluding carboxylic acids is 1. The highest BCUT2D eigenvalue weighted by Gasteiger charge is 2.21. The van der Waals surface area contributed by atoms with Gasteiger partial charge in [-0.2, -0.15) is 0 Å². The van der Waals surface area contributed by atoms with Gasteiger partial charge >= 0.3 is 5.97 Å². The molecule has 0 spiro atoms. The molecule has 1 rings (SSSR count). The molecule has 0 fully saturated rings. The third-order valence-corrected chi connectivity index (χ3v) is 2.96. The van der Waals surface area contributed by atoms with Crippen molar-refractivity contribution in [2.45, 2.75) is 26.8 Å². The summed E-state index contributed by atoms with van der Waals surface area (Å²) >= 11 is 0. The number of aromatic nitrogens is 1. The summed E-state index contributed by atoms with van der Waals surface area (Å²) in [5, 5.41) is 8.96. The predicted octanol–water partition coefficient (Wildman–Crippen LogP) is 1.59. The van der Waals surface area contributed by atoms with Gasteiger partial charge in [-0.15, -0.1) is 0 Å². The summed E-state index contributed by atoms with van der Waals surface area (Å²) in [6.45, 7) is 6.30. The van der Waals surface area contributed by atoms with Crippen molar-refractivity contribution >= 4 is 11.9 Å². The fraction of sp³-hybridized carbons (Fsp3) is 0.500. The summed E-state index contributed by atoms with van der Waals surface area (Å²) in [4.78, 5) is 29.1.